The summed E-state index contributed by atoms with van der Waals surface area (Å²) in [5, 5.41) is 9.73. The van der Waals surface area contributed by atoms with Gasteiger partial charge in [0, 0.05) is 39.3 Å². The number of aromatic amines is 1. The molecule has 3 rings (SSSR count). The van der Waals surface area contributed by atoms with Crippen molar-refractivity contribution in [3.05, 3.63) is 34.0 Å². The minimum atomic E-state index is -0.369. The first-order valence-corrected chi connectivity index (χ1v) is 7.66. The number of halogens is 1. The molecule has 1 saturated heterocycles. The summed E-state index contributed by atoms with van der Waals surface area (Å²) in [4.78, 5) is 24.0. The molecule has 3 heterocycles. The molecule has 0 aliphatic carbocycles. The standard InChI is InChI=1S/C14H18ClN7O/c1-21(2)12-5-11(16-8-17-12)19-9-3-4-22(7-9)10-6-18-20-14(23)13(10)15/h5-6,8-9H,3-4,7H2,1-2H3,(H,20,23)(H,16,17,19). The molecule has 122 valence electrons. The van der Waals surface area contributed by atoms with Gasteiger partial charge in [0.1, 0.15) is 23.0 Å². The fraction of sp³-hybridized carbons (Fsp3) is 0.429. The number of anilines is 3. The molecule has 23 heavy (non-hydrogen) atoms. The highest BCUT2D eigenvalue weighted by Gasteiger charge is 2.25. The van der Waals surface area contributed by atoms with Crippen molar-refractivity contribution < 1.29 is 0 Å². The van der Waals surface area contributed by atoms with Gasteiger partial charge in [0.25, 0.3) is 5.56 Å². The quantitative estimate of drug-likeness (QED) is 0.860. The first-order valence-electron chi connectivity index (χ1n) is 7.28. The third-order valence-electron chi connectivity index (χ3n) is 3.77. The van der Waals surface area contributed by atoms with E-state index in [0.717, 1.165) is 31.1 Å². The van der Waals surface area contributed by atoms with Crippen molar-refractivity contribution in [3.63, 3.8) is 0 Å². The van der Waals surface area contributed by atoms with Gasteiger partial charge in [0.15, 0.2) is 0 Å². The lowest BCUT2D eigenvalue weighted by Gasteiger charge is -2.19. The molecule has 0 radical (unpaired) electrons. The van der Waals surface area contributed by atoms with Crippen molar-refractivity contribution in [2.45, 2.75) is 12.5 Å². The molecular weight excluding hydrogens is 318 g/mol. The van der Waals surface area contributed by atoms with Gasteiger partial charge >= 0.3 is 0 Å². The minimum Gasteiger partial charge on any atom is -0.367 e. The average molecular weight is 336 g/mol. The van der Waals surface area contributed by atoms with E-state index in [4.69, 9.17) is 11.6 Å². The van der Waals surface area contributed by atoms with Crippen LogP contribution in [0.25, 0.3) is 0 Å². The second kappa shape index (κ2) is 6.41. The number of aromatic nitrogens is 4. The molecule has 1 unspecified atom stereocenters. The van der Waals surface area contributed by atoms with Crippen LogP contribution in [-0.2, 0) is 0 Å². The third kappa shape index (κ3) is 3.37. The van der Waals surface area contributed by atoms with Gasteiger partial charge in [-0.3, -0.25) is 4.79 Å². The van der Waals surface area contributed by atoms with Crippen molar-refractivity contribution >= 4 is 28.9 Å². The maximum atomic E-state index is 11.6. The van der Waals surface area contributed by atoms with E-state index in [1.54, 1.807) is 12.5 Å². The lowest BCUT2D eigenvalue weighted by atomic mass is 10.2. The van der Waals surface area contributed by atoms with Gasteiger partial charge in [-0.05, 0) is 6.42 Å². The SMILES string of the molecule is CN(C)c1cc(NC2CCN(c3cn[nH]c(=O)c3Cl)C2)ncn1. The van der Waals surface area contributed by atoms with E-state index in [1.165, 1.54) is 0 Å². The zero-order valence-corrected chi connectivity index (χ0v) is 13.7. The molecule has 0 amide bonds. The number of H-pyrrole nitrogens is 1. The molecule has 9 heteroatoms. The largest absolute Gasteiger partial charge is 0.367 e. The van der Waals surface area contributed by atoms with E-state index in [9.17, 15) is 4.79 Å². The predicted octanol–water partition coefficient (Wildman–Crippen LogP) is 0.970. The zero-order chi connectivity index (χ0) is 16.4. The first-order chi connectivity index (χ1) is 11.0. The Morgan fingerprint density at radius 2 is 2.26 bits per heavy atom. The van der Waals surface area contributed by atoms with E-state index >= 15 is 0 Å². The zero-order valence-electron chi connectivity index (χ0n) is 13.0. The number of nitrogens with zero attached hydrogens (tertiary/aromatic N) is 5. The van der Waals surface area contributed by atoms with Crippen LogP contribution in [0.1, 0.15) is 6.42 Å². The fourth-order valence-electron chi connectivity index (χ4n) is 2.57. The fourth-order valence-corrected chi connectivity index (χ4v) is 2.78. The molecule has 2 N–H and O–H groups in total. The highest BCUT2D eigenvalue weighted by Crippen LogP contribution is 2.26. The number of hydrogen-bond donors (Lipinski definition) is 2. The molecule has 0 saturated carbocycles. The first kappa shape index (κ1) is 15.5. The maximum absolute atomic E-state index is 11.6. The van der Waals surface area contributed by atoms with Crippen molar-refractivity contribution in [2.75, 3.05) is 42.3 Å². The van der Waals surface area contributed by atoms with Gasteiger partial charge < -0.3 is 15.1 Å². The topological polar surface area (TPSA) is 90.0 Å². The predicted molar refractivity (Wildman–Crippen MR) is 90.5 cm³/mol. The Morgan fingerprint density at radius 3 is 3.04 bits per heavy atom. The van der Waals surface area contributed by atoms with E-state index in [1.807, 2.05) is 25.1 Å². The summed E-state index contributed by atoms with van der Waals surface area (Å²) in [7, 11) is 3.87. The second-order valence-electron chi connectivity index (χ2n) is 5.63. The molecule has 8 nitrogen and oxygen atoms in total. The summed E-state index contributed by atoms with van der Waals surface area (Å²) in [5.41, 5.74) is 0.295. The van der Waals surface area contributed by atoms with Crippen LogP contribution in [0.3, 0.4) is 0 Å². The van der Waals surface area contributed by atoms with E-state index in [2.05, 4.69) is 30.4 Å². The van der Waals surface area contributed by atoms with Gasteiger partial charge in [0.05, 0.1) is 11.9 Å². The van der Waals surface area contributed by atoms with Crippen molar-refractivity contribution in [3.8, 4) is 0 Å². The Balaban J connectivity index is 1.69. The van der Waals surface area contributed by atoms with Crippen LogP contribution in [0, 0.1) is 0 Å². The smallest absolute Gasteiger partial charge is 0.285 e. The van der Waals surface area contributed by atoms with Crippen LogP contribution in [0.15, 0.2) is 23.4 Å². The Kier molecular flexibility index (Phi) is 4.33. The van der Waals surface area contributed by atoms with Crippen LogP contribution in [0.4, 0.5) is 17.3 Å². The van der Waals surface area contributed by atoms with Crippen LogP contribution >= 0.6 is 11.6 Å². The Labute approximate surface area is 138 Å². The normalized spacial score (nSPS) is 17.3. The van der Waals surface area contributed by atoms with Crippen molar-refractivity contribution in [2.24, 2.45) is 0 Å². The Hall–Kier alpha value is -2.35. The molecule has 2 aromatic heterocycles. The number of rotatable bonds is 4. The van der Waals surface area contributed by atoms with Crippen LogP contribution < -0.4 is 20.7 Å². The molecule has 1 fully saturated rings. The maximum Gasteiger partial charge on any atom is 0.285 e. The van der Waals surface area contributed by atoms with Crippen molar-refractivity contribution in [1.29, 1.82) is 0 Å². The molecule has 0 bridgehead atoms. The molecule has 1 aliphatic rings. The van der Waals surface area contributed by atoms with Crippen LogP contribution in [-0.4, -0.2) is 53.4 Å². The molecule has 0 aromatic carbocycles. The lowest BCUT2D eigenvalue weighted by Crippen LogP contribution is -2.28. The Morgan fingerprint density at radius 1 is 1.43 bits per heavy atom. The minimum absolute atomic E-state index is 0.178. The number of hydrogen-bond acceptors (Lipinski definition) is 7. The van der Waals surface area contributed by atoms with Gasteiger partial charge in [-0.2, -0.15) is 5.10 Å². The Bertz CT molecular complexity index is 748. The molecule has 0 spiro atoms. The van der Waals surface area contributed by atoms with E-state index < -0.39 is 0 Å². The third-order valence-corrected chi connectivity index (χ3v) is 4.13. The van der Waals surface area contributed by atoms with Crippen molar-refractivity contribution in [1.82, 2.24) is 20.2 Å². The average Bonchev–Trinajstić information content (AvgIpc) is 2.98. The van der Waals surface area contributed by atoms with Gasteiger partial charge in [-0.1, -0.05) is 11.6 Å². The molecular formula is C14H18ClN7O. The van der Waals surface area contributed by atoms with E-state index in [-0.39, 0.29) is 16.6 Å². The summed E-state index contributed by atoms with van der Waals surface area (Å²) in [6.45, 7) is 1.53. The number of nitrogens with one attached hydrogen (secondary N) is 2. The van der Waals surface area contributed by atoms with Crippen LogP contribution in [0.2, 0.25) is 5.02 Å². The van der Waals surface area contributed by atoms with Gasteiger partial charge in [-0.15, -0.1) is 0 Å². The summed E-state index contributed by atoms with van der Waals surface area (Å²) in [5.74, 6) is 1.63. The second-order valence-corrected chi connectivity index (χ2v) is 6.01. The summed E-state index contributed by atoms with van der Waals surface area (Å²) < 4.78 is 0. The monoisotopic (exact) mass is 335 g/mol. The summed E-state index contributed by atoms with van der Waals surface area (Å²) in [6.07, 6.45) is 4.05. The molecule has 2 aromatic rings. The molecule has 1 atom stereocenters. The molecule has 1 aliphatic heterocycles. The summed E-state index contributed by atoms with van der Waals surface area (Å²) >= 11 is 6.06. The highest BCUT2D eigenvalue weighted by molar-refractivity contribution is 6.33. The van der Waals surface area contributed by atoms with Crippen LogP contribution in [0.5, 0.6) is 0 Å². The lowest BCUT2D eigenvalue weighted by molar-refractivity contribution is 0.798. The summed E-state index contributed by atoms with van der Waals surface area (Å²) in [6, 6.07) is 2.13. The van der Waals surface area contributed by atoms with Gasteiger partial charge in [-0.25, -0.2) is 15.1 Å². The van der Waals surface area contributed by atoms with Gasteiger partial charge in [0.2, 0.25) is 0 Å². The highest BCUT2D eigenvalue weighted by atomic mass is 35.5. The van der Waals surface area contributed by atoms with E-state index in [0.29, 0.717) is 5.69 Å².